The lowest BCUT2D eigenvalue weighted by Crippen LogP contribution is -2.10. The van der Waals surface area contributed by atoms with Gasteiger partial charge in [0.15, 0.2) is 5.82 Å². The fourth-order valence-corrected chi connectivity index (χ4v) is 2.02. The molecule has 0 aliphatic carbocycles. The molecule has 1 aromatic heterocycles. The molecule has 3 N–H and O–H groups in total. The van der Waals surface area contributed by atoms with Crippen LogP contribution < -0.4 is 15.8 Å². The Morgan fingerprint density at radius 1 is 1.20 bits per heavy atom. The number of nitrogen functional groups attached to an aromatic ring is 1. The number of hydrogen-bond acceptors (Lipinski definition) is 6. The van der Waals surface area contributed by atoms with Crippen LogP contribution in [0.4, 0.5) is 17.2 Å². The molecule has 0 spiro atoms. The van der Waals surface area contributed by atoms with Gasteiger partial charge < -0.3 is 15.8 Å². The van der Waals surface area contributed by atoms with Gasteiger partial charge in [0.25, 0.3) is 0 Å². The predicted molar refractivity (Wildman–Crippen MR) is 83.7 cm³/mol. The van der Waals surface area contributed by atoms with Crippen molar-refractivity contribution in [2.45, 2.75) is 24.8 Å². The molecule has 2 aromatic rings. The number of aromatic nitrogens is 2. The lowest BCUT2D eigenvalue weighted by atomic mass is 10.3. The van der Waals surface area contributed by atoms with E-state index in [-0.39, 0.29) is 6.10 Å². The number of nitrogens with one attached hydrogen (secondary N) is 1. The molecule has 0 amide bonds. The van der Waals surface area contributed by atoms with E-state index < -0.39 is 0 Å². The van der Waals surface area contributed by atoms with Gasteiger partial charge >= 0.3 is 0 Å². The highest BCUT2D eigenvalue weighted by atomic mass is 32.2. The Kier molecular flexibility index (Phi) is 4.68. The molecule has 2 rings (SSSR count). The number of thioether (sulfide) groups is 1. The molecule has 0 saturated carbocycles. The second-order valence-electron chi connectivity index (χ2n) is 4.46. The number of nitrogens with two attached hydrogens (primary N) is 1. The predicted octanol–water partition coefficient (Wildman–Crippen LogP) is 3.31. The summed E-state index contributed by atoms with van der Waals surface area (Å²) in [6, 6.07) is 8.04. The molecule has 0 bridgehead atoms. The number of hydrogen-bond donors (Lipinski definition) is 2. The van der Waals surface area contributed by atoms with Crippen LogP contribution in [0, 0.1) is 0 Å². The van der Waals surface area contributed by atoms with Gasteiger partial charge in [-0.05, 0) is 44.4 Å². The third kappa shape index (κ3) is 3.54. The van der Waals surface area contributed by atoms with Gasteiger partial charge in [0.05, 0.1) is 6.10 Å². The van der Waals surface area contributed by atoms with Crippen molar-refractivity contribution >= 4 is 29.0 Å². The molecule has 0 aliphatic rings. The average molecular weight is 290 g/mol. The van der Waals surface area contributed by atoms with E-state index in [2.05, 4.69) is 15.3 Å². The molecular weight excluding hydrogens is 272 g/mol. The number of rotatable bonds is 5. The van der Waals surface area contributed by atoms with Crippen molar-refractivity contribution in [2.75, 3.05) is 17.3 Å². The van der Waals surface area contributed by atoms with Crippen LogP contribution in [-0.2, 0) is 0 Å². The maximum atomic E-state index is 6.02. The van der Waals surface area contributed by atoms with E-state index in [4.69, 9.17) is 10.5 Å². The zero-order valence-electron chi connectivity index (χ0n) is 11.8. The summed E-state index contributed by atoms with van der Waals surface area (Å²) in [4.78, 5) is 9.40. The summed E-state index contributed by atoms with van der Waals surface area (Å²) in [5.41, 5.74) is 7.35. The Morgan fingerprint density at radius 2 is 1.90 bits per heavy atom. The second kappa shape index (κ2) is 6.47. The van der Waals surface area contributed by atoms with Crippen molar-refractivity contribution in [3.05, 3.63) is 30.6 Å². The van der Waals surface area contributed by atoms with Gasteiger partial charge in [0, 0.05) is 10.6 Å². The monoisotopic (exact) mass is 290 g/mol. The Labute approximate surface area is 123 Å². The molecule has 1 aromatic carbocycles. The molecule has 0 unspecified atom stereocenters. The van der Waals surface area contributed by atoms with Gasteiger partial charge in [-0.3, -0.25) is 0 Å². The molecule has 6 heteroatoms. The first-order valence-electron chi connectivity index (χ1n) is 6.28. The molecule has 0 atom stereocenters. The summed E-state index contributed by atoms with van der Waals surface area (Å²) in [5, 5.41) is 3.17. The van der Waals surface area contributed by atoms with Crippen LogP contribution in [0.2, 0.25) is 0 Å². The molecular formula is C14H18N4OS. The SMILES string of the molecule is CSc1ccc(Nc2ncnc(OC(C)C)c2N)cc1. The first-order valence-corrected chi connectivity index (χ1v) is 7.51. The van der Waals surface area contributed by atoms with E-state index in [1.165, 1.54) is 11.2 Å². The van der Waals surface area contributed by atoms with Crippen LogP contribution in [0.3, 0.4) is 0 Å². The lowest BCUT2D eigenvalue weighted by molar-refractivity contribution is 0.234. The van der Waals surface area contributed by atoms with Gasteiger partial charge in [-0.15, -0.1) is 11.8 Å². The zero-order chi connectivity index (χ0) is 14.5. The highest BCUT2D eigenvalue weighted by Gasteiger charge is 2.10. The number of nitrogens with zero attached hydrogens (tertiary/aromatic N) is 2. The summed E-state index contributed by atoms with van der Waals surface area (Å²) in [5.74, 6) is 0.950. The lowest BCUT2D eigenvalue weighted by Gasteiger charge is -2.13. The standard InChI is InChI=1S/C14H18N4OS/c1-9(2)19-14-12(15)13(16-8-17-14)18-10-4-6-11(20-3)7-5-10/h4-9H,15H2,1-3H3,(H,16,17,18). The zero-order valence-corrected chi connectivity index (χ0v) is 12.6. The van der Waals surface area contributed by atoms with Crippen LogP contribution in [0.25, 0.3) is 0 Å². The van der Waals surface area contributed by atoms with Gasteiger partial charge in [0.1, 0.15) is 12.0 Å². The van der Waals surface area contributed by atoms with E-state index in [9.17, 15) is 0 Å². The molecule has 0 saturated heterocycles. The van der Waals surface area contributed by atoms with Gasteiger partial charge in [0.2, 0.25) is 5.88 Å². The molecule has 1 heterocycles. The van der Waals surface area contributed by atoms with Crippen molar-refractivity contribution in [1.29, 1.82) is 0 Å². The van der Waals surface area contributed by atoms with E-state index in [1.54, 1.807) is 11.8 Å². The molecule has 0 fully saturated rings. The maximum absolute atomic E-state index is 6.02. The number of ether oxygens (including phenoxy) is 1. The van der Waals surface area contributed by atoms with Crippen LogP contribution in [0.5, 0.6) is 5.88 Å². The summed E-state index contributed by atoms with van der Waals surface area (Å²) >= 11 is 1.70. The average Bonchev–Trinajstić information content (AvgIpc) is 2.43. The van der Waals surface area contributed by atoms with E-state index >= 15 is 0 Å². The Hall–Kier alpha value is -1.95. The molecule has 0 aliphatic heterocycles. The van der Waals surface area contributed by atoms with Gasteiger partial charge in [-0.25, -0.2) is 4.98 Å². The maximum Gasteiger partial charge on any atom is 0.242 e. The fourth-order valence-electron chi connectivity index (χ4n) is 1.61. The van der Waals surface area contributed by atoms with Crippen LogP contribution >= 0.6 is 11.8 Å². The normalized spacial score (nSPS) is 10.6. The van der Waals surface area contributed by atoms with E-state index in [0.29, 0.717) is 17.4 Å². The van der Waals surface area contributed by atoms with Crippen molar-refractivity contribution in [1.82, 2.24) is 9.97 Å². The van der Waals surface area contributed by atoms with Crippen LogP contribution in [-0.4, -0.2) is 22.3 Å². The first kappa shape index (κ1) is 14.5. The van der Waals surface area contributed by atoms with Crippen molar-refractivity contribution in [2.24, 2.45) is 0 Å². The molecule has 106 valence electrons. The van der Waals surface area contributed by atoms with Crippen molar-refractivity contribution in [3.63, 3.8) is 0 Å². The quantitative estimate of drug-likeness (QED) is 0.823. The summed E-state index contributed by atoms with van der Waals surface area (Å²) in [6.07, 6.45) is 3.49. The largest absolute Gasteiger partial charge is 0.473 e. The minimum atomic E-state index is 0.0147. The summed E-state index contributed by atoms with van der Waals surface area (Å²) in [6.45, 7) is 3.85. The van der Waals surface area contributed by atoms with Gasteiger partial charge in [-0.2, -0.15) is 4.98 Å². The topological polar surface area (TPSA) is 73.1 Å². The Morgan fingerprint density at radius 3 is 2.50 bits per heavy atom. The minimum Gasteiger partial charge on any atom is -0.473 e. The fraction of sp³-hybridized carbons (Fsp3) is 0.286. The number of benzene rings is 1. The smallest absolute Gasteiger partial charge is 0.242 e. The van der Waals surface area contributed by atoms with E-state index in [1.807, 2.05) is 44.4 Å². The Bertz CT molecular complexity index is 572. The number of anilines is 3. The molecule has 20 heavy (non-hydrogen) atoms. The van der Waals surface area contributed by atoms with E-state index in [0.717, 1.165) is 5.69 Å². The molecule has 5 nitrogen and oxygen atoms in total. The first-order chi connectivity index (χ1) is 9.60. The third-order valence-corrected chi connectivity index (χ3v) is 3.29. The van der Waals surface area contributed by atoms with Crippen LogP contribution in [0.1, 0.15) is 13.8 Å². The minimum absolute atomic E-state index is 0.0147. The summed E-state index contributed by atoms with van der Waals surface area (Å²) < 4.78 is 5.54. The second-order valence-corrected chi connectivity index (χ2v) is 5.34. The summed E-state index contributed by atoms with van der Waals surface area (Å²) in [7, 11) is 0. The van der Waals surface area contributed by atoms with Crippen molar-refractivity contribution < 1.29 is 4.74 Å². The Balaban J connectivity index is 2.20. The molecule has 0 radical (unpaired) electrons. The highest BCUT2D eigenvalue weighted by molar-refractivity contribution is 7.98. The third-order valence-electron chi connectivity index (χ3n) is 2.55. The highest BCUT2D eigenvalue weighted by Crippen LogP contribution is 2.28. The van der Waals surface area contributed by atoms with Crippen molar-refractivity contribution in [3.8, 4) is 5.88 Å². The van der Waals surface area contributed by atoms with Gasteiger partial charge in [-0.1, -0.05) is 0 Å². The van der Waals surface area contributed by atoms with Crippen LogP contribution in [0.15, 0.2) is 35.5 Å².